The zero-order valence-electron chi connectivity index (χ0n) is 17.2. The van der Waals surface area contributed by atoms with Crippen LogP contribution in [0.15, 0.2) is 48.5 Å². The number of nitrogens with zero attached hydrogens (tertiary/aromatic N) is 2. The number of piperazine rings is 1. The molecule has 0 radical (unpaired) electrons. The van der Waals surface area contributed by atoms with E-state index in [-0.39, 0.29) is 11.9 Å². The van der Waals surface area contributed by atoms with Crippen molar-refractivity contribution in [1.82, 2.24) is 4.90 Å². The van der Waals surface area contributed by atoms with Gasteiger partial charge in [-0.1, -0.05) is 66.8 Å². The maximum absolute atomic E-state index is 12.3. The number of carbonyl (C=O) groups excluding carboxylic acids is 1. The van der Waals surface area contributed by atoms with Gasteiger partial charge in [-0.2, -0.15) is 0 Å². The fourth-order valence-corrected chi connectivity index (χ4v) is 3.90. The van der Waals surface area contributed by atoms with E-state index in [0.717, 1.165) is 36.8 Å². The van der Waals surface area contributed by atoms with E-state index in [9.17, 15) is 4.79 Å². The number of benzene rings is 2. The van der Waals surface area contributed by atoms with Crippen LogP contribution in [0.3, 0.4) is 0 Å². The van der Waals surface area contributed by atoms with Crippen molar-refractivity contribution in [2.75, 3.05) is 24.5 Å². The van der Waals surface area contributed by atoms with Gasteiger partial charge in [0.2, 0.25) is 5.91 Å². The van der Waals surface area contributed by atoms with E-state index < -0.39 is 0 Å². The second-order valence-corrected chi connectivity index (χ2v) is 8.99. The maximum Gasteiger partial charge on any atom is 0.222 e. The molecule has 1 aliphatic rings. The molecule has 0 spiro atoms. The van der Waals surface area contributed by atoms with E-state index in [1.807, 2.05) is 47.4 Å². The Morgan fingerprint density at radius 1 is 1.03 bits per heavy atom. The SMILES string of the molecule is CC(C)CCC(=O)N1CCN(c2ccc(Cl)cc2Cl)C(C)C1.Clc1ccccc1. The molecule has 29 heavy (non-hydrogen) atoms. The van der Waals surface area contributed by atoms with Crippen molar-refractivity contribution in [3.05, 3.63) is 63.6 Å². The average molecular weight is 456 g/mol. The first kappa shape index (κ1) is 23.9. The van der Waals surface area contributed by atoms with Crippen molar-refractivity contribution >= 4 is 46.4 Å². The lowest BCUT2D eigenvalue weighted by molar-refractivity contribution is -0.132. The average Bonchev–Trinajstić information content (AvgIpc) is 2.68. The molecule has 1 fully saturated rings. The quantitative estimate of drug-likeness (QED) is 0.505. The molecule has 3 nitrogen and oxygen atoms in total. The molecule has 2 aromatic carbocycles. The molecular weight excluding hydrogens is 427 g/mol. The van der Waals surface area contributed by atoms with Gasteiger partial charge in [-0.05, 0) is 49.6 Å². The Bertz CT molecular complexity index is 783. The number of halogens is 3. The van der Waals surface area contributed by atoms with Crippen LogP contribution in [-0.2, 0) is 4.79 Å². The van der Waals surface area contributed by atoms with Crippen LogP contribution in [0.1, 0.15) is 33.6 Å². The molecular formula is C23H29Cl3N2O. The first-order valence-electron chi connectivity index (χ1n) is 9.98. The summed E-state index contributed by atoms with van der Waals surface area (Å²) in [5.41, 5.74) is 0.993. The van der Waals surface area contributed by atoms with E-state index in [0.29, 0.717) is 22.4 Å². The van der Waals surface area contributed by atoms with E-state index >= 15 is 0 Å². The Morgan fingerprint density at radius 3 is 2.24 bits per heavy atom. The molecule has 1 saturated heterocycles. The molecule has 3 rings (SSSR count). The van der Waals surface area contributed by atoms with Gasteiger partial charge in [0, 0.05) is 42.1 Å². The molecule has 1 amide bonds. The maximum atomic E-state index is 12.3. The predicted octanol–water partition coefficient (Wildman–Crippen LogP) is 6.81. The lowest BCUT2D eigenvalue weighted by Gasteiger charge is -2.41. The standard InChI is InChI=1S/C17H24Cl2N2O.C6H5Cl/c1-12(2)4-7-17(22)20-8-9-21(13(3)11-20)16-6-5-14(18)10-15(16)19;7-6-4-2-1-3-5-6/h5-6,10,12-13H,4,7-9,11H2,1-3H3;1-5H. The third-order valence-electron chi connectivity index (χ3n) is 4.87. The summed E-state index contributed by atoms with van der Waals surface area (Å²) >= 11 is 17.8. The number of anilines is 1. The van der Waals surface area contributed by atoms with Gasteiger partial charge in [0.25, 0.3) is 0 Å². The second-order valence-electron chi connectivity index (χ2n) is 7.71. The Morgan fingerprint density at radius 2 is 1.72 bits per heavy atom. The summed E-state index contributed by atoms with van der Waals surface area (Å²) in [5.74, 6) is 0.831. The fourth-order valence-electron chi connectivity index (χ4n) is 3.24. The van der Waals surface area contributed by atoms with E-state index in [4.69, 9.17) is 34.8 Å². The molecule has 0 N–H and O–H groups in total. The summed E-state index contributed by atoms with van der Waals surface area (Å²) < 4.78 is 0. The summed E-state index contributed by atoms with van der Waals surface area (Å²) in [5, 5.41) is 2.10. The zero-order chi connectivity index (χ0) is 21.4. The Hall–Kier alpha value is -1.42. The van der Waals surface area contributed by atoms with Gasteiger partial charge in [0.15, 0.2) is 0 Å². The van der Waals surface area contributed by atoms with Crippen LogP contribution >= 0.6 is 34.8 Å². The summed E-state index contributed by atoms with van der Waals surface area (Å²) in [7, 11) is 0. The van der Waals surface area contributed by atoms with Gasteiger partial charge >= 0.3 is 0 Å². The predicted molar refractivity (Wildman–Crippen MR) is 125 cm³/mol. The summed E-state index contributed by atoms with van der Waals surface area (Å²) in [6, 6.07) is 15.3. The minimum Gasteiger partial charge on any atom is -0.364 e. The van der Waals surface area contributed by atoms with Crippen LogP contribution in [0.2, 0.25) is 15.1 Å². The van der Waals surface area contributed by atoms with Crippen LogP contribution in [-0.4, -0.2) is 36.5 Å². The molecule has 0 saturated carbocycles. The first-order chi connectivity index (χ1) is 13.8. The van der Waals surface area contributed by atoms with Gasteiger partial charge in [-0.25, -0.2) is 0 Å². The minimum absolute atomic E-state index is 0.246. The Balaban J connectivity index is 0.000000360. The lowest BCUT2D eigenvalue weighted by Crippen LogP contribution is -2.53. The molecule has 6 heteroatoms. The van der Waals surface area contributed by atoms with Crippen molar-refractivity contribution < 1.29 is 4.79 Å². The highest BCUT2D eigenvalue weighted by Gasteiger charge is 2.27. The van der Waals surface area contributed by atoms with Crippen molar-refractivity contribution in [3.8, 4) is 0 Å². The molecule has 2 aromatic rings. The highest BCUT2D eigenvalue weighted by Crippen LogP contribution is 2.31. The molecule has 158 valence electrons. The Kier molecular flexibility index (Phi) is 9.61. The Labute approximate surface area is 189 Å². The minimum atomic E-state index is 0.246. The van der Waals surface area contributed by atoms with Gasteiger partial charge in [0.1, 0.15) is 0 Å². The molecule has 1 aliphatic heterocycles. The van der Waals surface area contributed by atoms with Crippen molar-refractivity contribution in [2.24, 2.45) is 5.92 Å². The van der Waals surface area contributed by atoms with Crippen LogP contribution in [0, 0.1) is 5.92 Å². The lowest BCUT2D eigenvalue weighted by atomic mass is 10.1. The van der Waals surface area contributed by atoms with Gasteiger partial charge in [0.05, 0.1) is 10.7 Å². The fraction of sp³-hybridized carbons (Fsp3) is 0.435. The van der Waals surface area contributed by atoms with Gasteiger partial charge in [-0.15, -0.1) is 0 Å². The monoisotopic (exact) mass is 454 g/mol. The zero-order valence-corrected chi connectivity index (χ0v) is 19.5. The third-order valence-corrected chi connectivity index (χ3v) is 5.66. The van der Waals surface area contributed by atoms with E-state index in [1.54, 1.807) is 6.07 Å². The molecule has 0 aromatic heterocycles. The molecule has 0 bridgehead atoms. The van der Waals surface area contributed by atoms with Crippen molar-refractivity contribution in [1.29, 1.82) is 0 Å². The number of hydrogen-bond donors (Lipinski definition) is 0. The topological polar surface area (TPSA) is 23.6 Å². The first-order valence-corrected chi connectivity index (χ1v) is 11.1. The van der Waals surface area contributed by atoms with Crippen LogP contribution in [0.5, 0.6) is 0 Å². The second kappa shape index (κ2) is 11.7. The summed E-state index contributed by atoms with van der Waals surface area (Å²) in [4.78, 5) is 16.5. The van der Waals surface area contributed by atoms with Crippen molar-refractivity contribution in [3.63, 3.8) is 0 Å². The third kappa shape index (κ3) is 7.73. The number of amides is 1. The van der Waals surface area contributed by atoms with E-state index in [2.05, 4.69) is 25.7 Å². The van der Waals surface area contributed by atoms with Gasteiger partial charge in [-0.3, -0.25) is 4.79 Å². The summed E-state index contributed by atoms with van der Waals surface area (Å²) in [6.45, 7) is 8.73. The van der Waals surface area contributed by atoms with Crippen molar-refractivity contribution in [2.45, 2.75) is 39.7 Å². The summed E-state index contributed by atoms with van der Waals surface area (Å²) in [6.07, 6.45) is 1.60. The largest absolute Gasteiger partial charge is 0.364 e. The smallest absolute Gasteiger partial charge is 0.222 e. The number of hydrogen-bond acceptors (Lipinski definition) is 2. The van der Waals surface area contributed by atoms with Crippen LogP contribution < -0.4 is 4.90 Å². The highest BCUT2D eigenvalue weighted by molar-refractivity contribution is 6.36. The molecule has 0 aliphatic carbocycles. The van der Waals surface area contributed by atoms with Gasteiger partial charge < -0.3 is 9.80 Å². The number of carbonyl (C=O) groups is 1. The normalized spacial score (nSPS) is 16.4. The number of rotatable bonds is 4. The van der Waals surface area contributed by atoms with E-state index in [1.165, 1.54) is 0 Å². The highest BCUT2D eigenvalue weighted by atomic mass is 35.5. The van der Waals surface area contributed by atoms with Crippen LogP contribution in [0.25, 0.3) is 0 Å². The molecule has 1 unspecified atom stereocenters. The van der Waals surface area contributed by atoms with Crippen LogP contribution in [0.4, 0.5) is 5.69 Å². The molecule has 1 atom stereocenters. The molecule has 1 heterocycles.